The molecule has 5 nitrogen and oxygen atoms in total. The molecule has 6 heteroatoms. The number of nitrogens with zero attached hydrogens (tertiary/aromatic N) is 2. The molecule has 2 N–H and O–H groups in total. The highest BCUT2D eigenvalue weighted by atomic mass is 35.5. The summed E-state index contributed by atoms with van der Waals surface area (Å²) < 4.78 is 1.62. The third-order valence-electron chi connectivity index (χ3n) is 2.15. The number of aromatic amines is 1. The van der Waals surface area contributed by atoms with Crippen LogP contribution in [0.25, 0.3) is 11.4 Å². The Morgan fingerprint density at radius 2 is 2.33 bits per heavy atom. The molecule has 15 heavy (non-hydrogen) atoms. The predicted molar refractivity (Wildman–Crippen MR) is 55.0 cm³/mol. The average molecular weight is 226 g/mol. The van der Waals surface area contributed by atoms with E-state index in [-0.39, 0.29) is 5.56 Å². The number of carboxylic acid groups (broad SMARTS) is 1. The Hall–Kier alpha value is -1.75. The van der Waals surface area contributed by atoms with E-state index in [1.165, 1.54) is 12.4 Å². The molecule has 0 saturated heterocycles. The molecule has 78 valence electrons. The second kappa shape index (κ2) is 3.43. The maximum Gasteiger partial charge on any atom is 0.337 e. The van der Waals surface area contributed by atoms with Crippen molar-refractivity contribution in [2.75, 3.05) is 0 Å². The van der Waals surface area contributed by atoms with E-state index in [4.69, 9.17) is 16.7 Å². The number of carbonyl (C=O) groups is 1. The molecule has 2 aromatic rings. The van der Waals surface area contributed by atoms with E-state index < -0.39 is 5.97 Å². The summed E-state index contributed by atoms with van der Waals surface area (Å²) in [4.78, 5) is 17.7. The zero-order valence-electron chi connectivity index (χ0n) is 7.86. The highest BCUT2D eigenvalue weighted by Gasteiger charge is 2.16. The molecule has 0 unspecified atom stereocenters. The third-order valence-corrected chi connectivity index (χ3v) is 2.50. The van der Waals surface area contributed by atoms with Crippen molar-refractivity contribution in [3.8, 4) is 11.4 Å². The quantitative estimate of drug-likeness (QED) is 0.818. The first-order valence-corrected chi connectivity index (χ1v) is 4.56. The Morgan fingerprint density at radius 1 is 1.60 bits per heavy atom. The number of rotatable bonds is 2. The highest BCUT2D eigenvalue weighted by Crippen LogP contribution is 2.24. The van der Waals surface area contributed by atoms with Crippen LogP contribution in [0.3, 0.4) is 0 Å². The number of hydrogen-bond acceptors (Lipinski definition) is 2. The van der Waals surface area contributed by atoms with Crippen LogP contribution < -0.4 is 0 Å². The largest absolute Gasteiger partial charge is 0.478 e. The summed E-state index contributed by atoms with van der Waals surface area (Å²) in [6, 6.07) is 0. The molecule has 2 heterocycles. The molecule has 0 fully saturated rings. The summed E-state index contributed by atoms with van der Waals surface area (Å²) in [5.74, 6) is -0.468. The van der Waals surface area contributed by atoms with Crippen molar-refractivity contribution in [1.82, 2.24) is 14.5 Å². The molecule has 0 spiro atoms. The van der Waals surface area contributed by atoms with E-state index >= 15 is 0 Å². The fourth-order valence-electron chi connectivity index (χ4n) is 1.36. The minimum Gasteiger partial charge on any atom is -0.478 e. The van der Waals surface area contributed by atoms with Crippen LogP contribution in [0.5, 0.6) is 0 Å². The normalized spacial score (nSPS) is 10.5. The number of aromatic nitrogens is 3. The molecule has 0 aliphatic rings. The topological polar surface area (TPSA) is 70.9 Å². The monoisotopic (exact) mass is 225 g/mol. The van der Waals surface area contributed by atoms with Crippen LogP contribution in [-0.2, 0) is 7.05 Å². The van der Waals surface area contributed by atoms with Gasteiger partial charge in [0.25, 0.3) is 0 Å². The van der Waals surface area contributed by atoms with Crippen LogP contribution in [0.15, 0.2) is 18.6 Å². The van der Waals surface area contributed by atoms with Crippen molar-refractivity contribution in [2.24, 2.45) is 7.05 Å². The van der Waals surface area contributed by atoms with Gasteiger partial charge in [-0.05, 0) is 0 Å². The van der Waals surface area contributed by atoms with Gasteiger partial charge in [0.15, 0.2) is 0 Å². The molecule has 2 aromatic heterocycles. The molecular weight excluding hydrogens is 218 g/mol. The number of carboxylic acids is 1. The molecule has 0 aromatic carbocycles. The standard InChI is InChI=1S/C9H8ClN3O2/c1-13-7(10)4-12-8(13)5-2-11-3-6(5)9(14)15/h2-4,11H,1H3,(H,14,15). The lowest BCUT2D eigenvalue weighted by Gasteiger charge is -2.01. The third kappa shape index (κ3) is 1.50. The van der Waals surface area contributed by atoms with E-state index in [2.05, 4.69) is 9.97 Å². The molecule has 0 radical (unpaired) electrons. The van der Waals surface area contributed by atoms with Crippen molar-refractivity contribution in [1.29, 1.82) is 0 Å². The zero-order valence-corrected chi connectivity index (χ0v) is 8.62. The minimum absolute atomic E-state index is 0.181. The Kier molecular flexibility index (Phi) is 2.24. The summed E-state index contributed by atoms with van der Waals surface area (Å²) in [5, 5.41) is 9.38. The lowest BCUT2D eigenvalue weighted by atomic mass is 10.2. The Bertz CT molecular complexity index is 515. The number of hydrogen-bond donors (Lipinski definition) is 2. The van der Waals surface area contributed by atoms with Gasteiger partial charge < -0.3 is 14.7 Å². The van der Waals surface area contributed by atoms with Gasteiger partial charge in [-0.2, -0.15) is 0 Å². The first-order valence-electron chi connectivity index (χ1n) is 4.19. The van der Waals surface area contributed by atoms with Crippen molar-refractivity contribution in [3.05, 3.63) is 29.3 Å². The van der Waals surface area contributed by atoms with Crippen LogP contribution in [0.1, 0.15) is 10.4 Å². The van der Waals surface area contributed by atoms with E-state index in [9.17, 15) is 4.79 Å². The number of H-pyrrole nitrogens is 1. The summed E-state index contributed by atoms with van der Waals surface area (Å²) in [6.45, 7) is 0. The molecule has 0 saturated carbocycles. The number of imidazole rings is 1. The van der Waals surface area contributed by atoms with Crippen molar-refractivity contribution in [2.45, 2.75) is 0 Å². The summed E-state index contributed by atoms with van der Waals surface area (Å²) >= 11 is 5.82. The van der Waals surface area contributed by atoms with Crippen molar-refractivity contribution < 1.29 is 9.90 Å². The van der Waals surface area contributed by atoms with Gasteiger partial charge in [0, 0.05) is 25.0 Å². The van der Waals surface area contributed by atoms with E-state index in [1.54, 1.807) is 17.8 Å². The lowest BCUT2D eigenvalue weighted by molar-refractivity contribution is 0.0698. The summed E-state index contributed by atoms with van der Waals surface area (Å²) in [7, 11) is 1.73. The van der Waals surface area contributed by atoms with Crippen LogP contribution >= 0.6 is 11.6 Å². The summed E-state index contributed by atoms with van der Waals surface area (Å²) in [5.41, 5.74) is 0.706. The van der Waals surface area contributed by atoms with Crippen LogP contribution in [-0.4, -0.2) is 25.6 Å². The van der Waals surface area contributed by atoms with Crippen molar-refractivity contribution >= 4 is 17.6 Å². The van der Waals surface area contributed by atoms with Gasteiger partial charge in [-0.3, -0.25) is 0 Å². The minimum atomic E-state index is -0.995. The smallest absolute Gasteiger partial charge is 0.337 e. The van der Waals surface area contributed by atoms with Crippen LogP contribution in [0, 0.1) is 0 Å². The number of aromatic carboxylic acids is 1. The van der Waals surface area contributed by atoms with Gasteiger partial charge in [-0.1, -0.05) is 11.6 Å². The lowest BCUT2D eigenvalue weighted by Crippen LogP contribution is -1.99. The molecule has 0 bridgehead atoms. The first kappa shape index (κ1) is 9.79. The maximum atomic E-state index is 10.9. The van der Waals surface area contributed by atoms with Gasteiger partial charge in [0.1, 0.15) is 11.0 Å². The van der Waals surface area contributed by atoms with E-state index in [0.29, 0.717) is 16.5 Å². The second-order valence-electron chi connectivity index (χ2n) is 3.05. The van der Waals surface area contributed by atoms with E-state index in [0.717, 1.165) is 0 Å². The Balaban J connectivity index is 2.59. The van der Waals surface area contributed by atoms with Crippen molar-refractivity contribution in [3.63, 3.8) is 0 Å². The molecular formula is C9H8ClN3O2. The fourth-order valence-corrected chi connectivity index (χ4v) is 1.49. The van der Waals surface area contributed by atoms with Crippen LogP contribution in [0.2, 0.25) is 5.15 Å². The van der Waals surface area contributed by atoms with Gasteiger partial charge in [-0.15, -0.1) is 0 Å². The van der Waals surface area contributed by atoms with Gasteiger partial charge >= 0.3 is 5.97 Å². The van der Waals surface area contributed by atoms with E-state index in [1.807, 2.05) is 0 Å². The van der Waals surface area contributed by atoms with Gasteiger partial charge in [0.2, 0.25) is 0 Å². The molecule has 0 amide bonds. The SMILES string of the molecule is Cn1c(Cl)cnc1-c1c[nH]cc1C(=O)O. The van der Waals surface area contributed by atoms with Gasteiger partial charge in [0.05, 0.1) is 11.8 Å². The van der Waals surface area contributed by atoms with Gasteiger partial charge in [-0.25, -0.2) is 9.78 Å². The number of halogens is 1. The molecule has 0 atom stereocenters. The Morgan fingerprint density at radius 3 is 2.87 bits per heavy atom. The summed E-state index contributed by atoms with van der Waals surface area (Å²) in [6.07, 6.45) is 4.48. The highest BCUT2D eigenvalue weighted by molar-refractivity contribution is 6.29. The average Bonchev–Trinajstić information content (AvgIpc) is 2.75. The second-order valence-corrected chi connectivity index (χ2v) is 3.44. The zero-order chi connectivity index (χ0) is 11.0. The number of nitrogens with one attached hydrogen (secondary N) is 1. The first-order chi connectivity index (χ1) is 7.11. The molecule has 2 rings (SSSR count). The molecule has 0 aliphatic heterocycles. The predicted octanol–water partition coefficient (Wildman–Crippen LogP) is 1.77. The fraction of sp³-hybridized carbons (Fsp3) is 0.111. The molecule has 0 aliphatic carbocycles. The Labute approximate surface area is 90.3 Å². The van der Waals surface area contributed by atoms with Crippen LogP contribution in [0.4, 0.5) is 0 Å². The maximum absolute atomic E-state index is 10.9.